The molecule has 0 fully saturated rings. The molecule has 0 saturated heterocycles. The van der Waals surface area contributed by atoms with Gasteiger partial charge in [-0.2, -0.15) is 5.10 Å². The van der Waals surface area contributed by atoms with E-state index in [1.807, 2.05) is 50.0 Å². The van der Waals surface area contributed by atoms with Gasteiger partial charge in [0.05, 0.1) is 16.8 Å². The van der Waals surface area contributed by atoms with Crippen molar-refractivity contribution < 1.29 is 4.79 Å². The first-order valence-corrected chi connectivity index (χ1v) is 9.43. The molecule has 9 heteroatoms. The van der Waals surface area contributed by atoms with Crippen LogP contribution in [0, 0.1) is 0 Å². The first-order chi connectivity index (χ1) is 13.1. The number of aryl methyl sites for hydroxylation is 1. The van der Waals surface area contributed by atoms with Crippen LogP contribution in [0.5, 0.6) is 0 Å². The Labute approximate surface area is 161 Å². The van der Waals surface area contributed by atoms with Crippen molar-refractivity contribution in [3.05, 3.63) is 60.0 Å². The fraction of sp³-hybridized carbons (Fsp3) is 0.167. The molecule has 1 aliphatic rings. The number of nitrogens with zero attached hydrogens (tertiary/aromatic N) is 3. The molecule has 3 rings (SSSR count). The quantitative estimate of drug-likeness (QED) is 0.549. The number of rotatable bonds is 7. The zero-order chi connectivity index (χ0) is 19.2. The van der Waals surface area contributed by atoms with Gasteiger partial charge >= 0.3 is 0 Å². The summed E-state index contributed by atoms with van der Waals surface area (Å²) in [6.45, 7) is 3.46. The SMILES string of the molecule is C=CC(=O)Nc1cccc(NC2=C(SC)C=NC(Nc3cnn(C)c3)N2)c1. The van der Waals surface area contributed by atoms with Crippen LogP contribution in [0.3, 0.4) is 0 Å². The Hall–Kier alpha value is -3.20. The lowest BCUT2D eigenvalue weighted by Crippen LogP contribution is -2.39. The van der Waals surface area contributed by atoms with Crippen LogP contribution in [0.2, 0.25) is 0 Å². The van der Waals surface area contributed by atoms with E-state index in [1.165, 1.54) is 6.08 Å². The topological polar surface area (TPSA) is 95.4 Å². The molecule has 8 nitrogen and oxygen atoms in total. The molecule has 0 bridgehead atoms. The Balaban J connectivity index is 1.72. The van der Waals surface area contributed by atoms with E-state index in [0.29, 0.717) is 5.69 Å². The second kappa shape index (κ2) is 8.45. The van der Waals surface area contributed by atoms with E-state index < -0.39 is 0 Å². The highest BCUT2D eigenvalue weighted by atomic mass is 32.2. The van der Waals surface area contributed by atoms with Gasteiger partial charge in [-0.3, -0.25) is 9.48 Å². The molecule has 1 aromatic carbocycles. The van der Waals surface area contributed by atoms with Crippen LogP contribution < -0.4 is 21.3 Å². The summed E-state index contributed by atoms with van der Waals surface area (Å²) in [5.41, 5.74) is 2.39. The number of allylic oxidation sites excluding steroid dienone is 1. The normalized spacial score (nSPS) is 15.9. The summed E-state index contributed by atoms with van der Waals surface area (Å²) >= 11 is 1.58. The van der Waals surface area contributed by atoms with Gasteiger partial charge in [-0.1, -0.05) is 12.6 Å². The Kier molecular flexibility index (Phi) is 5.82. The number of anilines is 3. The first kappa shape index (κ1) is 18.6. The van der Waals surface area contributed by atoms with E-state index >= 15 is 0 Å². The van der Waals surface area contributed by atoms with Crippen LogP contribution in [0.4, 0.5) is 17.1 Å². The maximum atomic E-state index is 11.5. The molecule has 27 heavy (non-hydrogen) atoms. The van der Waals surface area contributed by atoms with Crippen molar-refractivity contribution in [2.75, 3.05) is 22.2 Å². The highest BCUT2D eigenvalue weighted by Crippen LogP contribution is 2.22. The number of aliphatic imine (C=N–C) groups is 1. The zero-order valence-corrected chi connectivity index (χ0v) is 15.9. The minimum absolute atomic E-state index is 0.250. The van der Waals surface area contributed by atoms with Crippen molar-refractivity contribution >= 4 is 40.9 Å². The molecule has 2 heterocycles. The number of carbonyl (C=O) groups is 1. The van der Waals surface area contributed by atoms with Gasteiger partial charge in [-0.15, -0.1) is 11.8 Å². The summed E-state index contributed by atoms with van der Waals surface area (Å²) in [5.74, 6) is 0.575. The number of carbonyl (C=O) groups excluding carboxylic acids is 1. The van der Waals surface area contributed by atoms with Crippen LogP contribution in [0.25, 0.3) is 0 Å². The second-order valence-electron chi connectivity index (χ2n) is 5.71. The molecular formula is C18H21N7OS. The first-order valence-electron chi connectivity index (χ1n) is 8.21. The van der Waals surface area contributed by atoms with Crippen molar-refractivity contribution in [3.63, 3.8) is 0 Å². The van der Waals surface area contributed by atoms with Gasteiger partial charge in [0.15, 0.2) is 6.29 Å². The van der Waals surface area contributed by atoms with E-state index in [4.69, 9.17) is 0 Å². The van der Waals surface area contributed by atoms with Crippen molar-refractivity contribution in [1.82, 2.24) is 15.1 Å². The number of hydrogen-bond acceptors (Lipinski definition) is 7. The van der Waals surface area contributed by atoms with Gasteiger partial charge in [-0.25, -0.2) is 4.99 Å². The molecule has 1 aliphatic heterocycles. The molecule has 0 aliphatic carbocycles. The molecular weight excluding hydrogens is 362 g/mol. The maximum absolute atomic E-state index is 11.5. The zero-order valence-electron chi connectivity index (χ0n) is 15.1. The summed E-state index contributed by atoms with van der Waals surface area (Å²) in [7, 11) is 1.86. The standard InChI is InChI=1S/C18H21N7OS/c1-4-16(26)21-12-6-5-7-13(8-12)22-17-15(27-3)10-19-18(24-17)23-14-9-20-25(2)11-14/h4-11,18,22-24H,1H2,2-3H3,(H,21,26). The van der Waals surface area contributed by atoms with Crippen LogP contribution in [0.15, 0.2) is 65.0 Å². The molecule has 0 spiro atoms. The number of thioether (sulfide) groups is 1. The highest BCUT2D eigenvalue weighted by molar-refractivity contribution is 8.03. The molecule has 2 aromatic rings. The lowest BCUT2D eigenvalue weighted by atomic mass is 10.2. The van der Waals surface area contributed by atoms with Gasteiger partial charge < -0.3 is 21.3 Å². The Morgan fingerprint density at radius 1 is 1.37 bits per heavy atom. The van der Waals surface area contributed by atoms with E-state index in [1.54, 1.807) is 22.6 Å². The molecule has 0 radical (unpaired) electrons. The predicted molar refractivity (Wildman–Crippen MR) is 112 cm³/mol. The van der Waals surface area contributed by atoms with Crippen LogP contribution in [-0.2, 0) is 11.8 Å². The van der Waals surface area contributed by atoms with Gasteiger partial charge in [0.2, 0.25) is 5.91 Å². The minimum Gasteiger partial charge on any atom is -0.344 e. The average Bonchev–Trinajstić information content (AvgIpc) is 3.07. The number of nitrogens with one attached hydrogen (secondary N) is 4. The number of benzene rings is 1. The second-order valence-corrected chi connectivity index (χ2v) is 6.56. The molecule has 140 valence electrons. The van der Waals surface area contributed by atoms with Crippen LogP contribution in [-0.4, -0.2) is 34.4 Å². The molecule has 0 saturated carbocycles. The molecule has 1 atom stereocenters. The number of aromatic nitrogens is 2. The summed E-state index contributed by atoms with van der Waals surface area (Å²) in [4.78, 5) is 16.9. The van der Waals surface area contributed by atoms with E-state index in [2.05, 4.69) is 37.9 Å². The molecule has 1 amide bonds. The molecule has 1 unspecified atom stereocenters. The Bertz CT molecular complexity index is 903. The van der Waals surface area contributed by atoms with E-state index in [0.717, 1.165) is 22.1 Å². The average molecular weight is 383 g/mol. The van der Waals surface area contributed by atoms with Crippen molar-refractivity contribution in [2.24, 2.45) is 12.0 Å². The highest BCUT2D eigenvalue weighted by Gasteiger charge is 2.17. The predicted octanol–water partition coefficient (Wildman–Crippen LogP) is 2.56. The fourth-order valence-corrected chi connectivity index (χ4v) is 2.92. The summed E-state index contributed by atoms with van der Waals surface area (Å²) in [6, 6.07) is 7.45. The van der Waals surface area contributed by atoms with Gasteiger partial charge in [0.25, 0.3) is 0 Å². The fourth-order valence-electron chi connectivity index (χ4n) is 2.44. The third-order valence-electron chi connectivity index (χ3n) is 3.68. The molecule has 1 aromatic heterocycles. The third-order valence-corrected chi connectivity index (χ3v) is 4.43. The van der Waals surface area contributed by atoms with Gasteiger partial charge in [-0.05, 0) is 30.5 Å². The minimum atomic E-state index is -0.323. The van der Waals surface area contributed by atoms with Crippen LogP contribution in [0.1, 0.15) is 0 Å². The lowest BCUT2D eigenvalue weighted by molar-refractivity contribution is -0.111. The van der Waals surface area contributed by atoms with Crippen molar-refractivity contribution in [1.29, 1.82) is 0 Å². The lowest BCUT2D eigenvalue weighted by Gasteiger charge is -2.25. The summed E-state index contributed by atoms with van der Waals surface area (Å²) < 4.78 is 1.72. The summed E-state index contributed by atoms with van der Waals surface area (Å²) in [6.07, 6.45) is 8.34. The maximum Gasteiger partial charge on any atom is 0.247 e. The van der Waals surface area contributed by atoms with Gasteiger partial charge in [0.1, 0.15) is 5.82 Å². The number of hydrogen-bond donors (Lipinski definition) is 4. The van der Waals surface area contributed by atoms with Crippen LogP contribution >= 0.6 is 11.8 Å². The summed E-state index contributed by atoms with van der Waals surface area (Å²) in [5, 5.41) is 16.8. The van der Waals surface area contributed by atoms with Crippen molar-refractivity contribution in [3.8, 4) is 0 Å². The van der Waals surface area contributed by atoms with E-state index in [-0.39, 0.29) is 12.2 Å². The Morgan fingerprint density at radius 3 is 2.89 bits per heavy atom. The smallest absolute Gasteiger partial charge is 0.247 e. The van der Waals surface area contributed by atoms with E-state index in [9.17, 15) is 4.79 Å². The number of amides is 1. The Morgan fingerprint density at radius 2 is 2.19 bits per heavy atom. The molecule has 4 N–H and O–H groups in total. The largest absolute Gasteiger partial charge is 0.344 e. The third kappa shape index (κ3) is 4.91. The monoisotopic (exact) mass is 383 g/mol. The van der Waals surface area contributed by atoms with Gasteiger partial charge in [0, 0.05) is 30.8 Å². The van der Waals surface area contributed by atoms with Crippen molar-refractivity contribution in [2.45, 2.75) is 6.29 Å².